The molecule has 0 aliphatic carbocycles. The standard InChI is InChI=1S/C14H10ClN3O/c15-10-5-1-2-6-11(10)18-8-17-13-9(14(16)19)4-3-7-12(13)18/h1-8H,(H2,16,19). The van der Waals surface area contributed by atoms with Crippen LogP contribution in [0.15, 0.2) is 48.8 Å². The fourth-order valence-electron chi connectivity index (χ4n) is 2.08. The first-order chi connectivity index (χ1) is 9.18. The van der Waals surface area contributed by atoms with Crippen LogP contribution >= 0.6 is 11.6 Å². The zero-order chi connectivity index (χ0) is 13.4. The Hall–Kier alpha value is -2.33. The third-order valence-electron chi connectivity index (χ3n) is 2.95. The molecule has 4 nitrogen and oxygen atoms in total. The summed E-state index contributed by atoms with van der Waals surface area (Å²) in [5, 5.41) is 0.617. The Morgan fingerprint density at radius 2 is 1.95 bits per heavy atom. The number of fused-ring (bicyclic) bond motifs is 1. The molecule has 1 aromatic heterocycles. The van der Waals surface area contributed by atoms with Gasteiger partial charge in [-0.15, -0.1) is 0 Å². The number of imidazole rings is 1. The minimum Gasteiger partial charge on any atom is -0.366 e. The van der Waals surface area contributed by atoms with Gasteiger partial charge >= 0.3 is 0 Å². The summed E-state index contributed by atoms with van der Waals surface area (Å²) in [6.07, 6.45) is 1.64. The molecular formula is C14H10ClN3O. The zero-order valence-electron chi connectivity index (χ0n) is 9.88. The maximum Gasteiger partial charge on any atom is 0.250 e. The Bertz CT molecular complexity index is 779. The quantitative estimate of drug-likeness (QED) is 0.779. The Morgan fingerprint density at radius 3 is 2.68 bits per heavy atom. The van der Waals surface area contributed by atoms with Crippen molar-refractivity contribution in [3.63, 3.8) is 0 Å². The average molecular weight is 272 g/mol. The summed E-state index contributed by atoms with van der Waals surface area (Å²) >= 11 is 6.18. The number of amides is 1. The number of hydrogen-bond acceptors (Lipinski definition) is 2. The van der Waals surface area contributed by atoms with Crippen LogP contribution in [0.5, 0.6) is 0 Å². The zero-order valence-corrected chi connectivity index (χ0v) is 10.6. The largest absolute Gasteiger partial charge is 0.366 e. The van der Waals surface area contributed by atoms with Gasteiger partial charge in [0.25, 0.3) is 5.91 Å². The number of benzene rings is 2. The molecule has 0 bridgehead atoms. The van der Waals surface area contributed by atoms with E-state index in [2.05, 4.69) is 4.98 Å². The lowest BCUT2D eigenvalue weighted by Crippen LogP contribution is -2.11. The number of aromatic nitrogens is 2. The van der Waals surface area contributed by atoms with Gasteiger partial charge in [0.15, 0.2) is 0 Å². The second-order valence-corrected chi connectivity index (χ2v) is 4.51. The summed E-state index contributed by atoms with van der Waals surface area (Å²) in [5.41, 5.74) is 7.94. The normalized spacial score (nSPS) is 10.8. The number of primary amides is 1. The van der Waals surface area contributed by atoms with E-state index in [0.717, 1.165) is 11.2 Å². The van der Waals surface area contributed by atoms with Crippen LogP contribution in [0.3, 0.4) is 0 Å². The fraction of sp³-hybridized carbons (Fsp3) is 0. The van der Waals surface area contributed by atoms with E-state index in [1.165, 1.54) is 0 Å². The van der Waals surface area contributed by atoms with Crippen LogP contribution in [0.4, 0.5) is 0 Å². The van der Waals surface area contributed by atoms with E-state index in [9.17, 15) is 4.79 Å². The molecule has 1 amide bonds. The molecule has 94 valence electrons. The van der Waals surface area contributed by atoms with Crippen LogP contribution in [-0.2, 0) is 0 Å². The fourth-order valence-corrected chi connectivity index (χ4v) is 2.30. The second-order valence-electron chi connectivity index (χ2n) is 4.10. The van der Waals surface area contributed by atoms with Gasteiger partial charge in [0.1, 0.15) is 11.8 Å². The van der Waals surface area contributed by atoms with Gasteiger partial charge in [-0.1, -0.05) is 29.8 Å². The molecule has 3 aromatic rings. The molecule has 0 atom stereocenters. The third-order valence-corrected chi connectivity index (χ3v) is 3.27. The number of carbonyl (C=O) groups is 1. The van der Waals surface area contributed by atoms with E-state index in [-0.39, 0.29) is 0 Å². The van der Waals surface area contributed by atoms with Crippen molar-refractivity contribution in [1.82, 2.24) is 9.55 Å². The lowest BCUT2D eigenvalue weighted by atomic mass is 10.1. The molecule has 0 aliphatic heterocycles. The number of halogens is 1. The average Bonchev–Trinajstić information content (AvgIpc) is 2.82. The van der Waals surface area contributed by atoms with Gasteiger partial charge in [0, 0.05) is 0 Å². The van der Waals surface area contributed by atoms with Gasteiger partial charge in [0.2, 0.25) is 0 Å². The minimum absolute atomic E-state index is 0.406. The van der Waals surface area contributed by atoms with E-state index in [0.29, 0.717) is 16.1 Å². The van der Waals surface area contributed by atoms with Crippen LogP contribution in [0.1, 0.15) is 10.4 Å². The van der Waals surface area contributed by atoms with Crippen molar-refractivity contribution in [2.24, 2.45) is 5.73 Å². The molecule has 0 aliphatic rings. The van der Waals surface area contributed by atoms with Crippen molar-refractivity contribution in [3.8, 4) is 5.69 Å². The van der Waals surface area contributed by atoms with Crippen LogP contribution in [0.25, 0.3) is 16.7 Å². The number of carbonyl (C=O) groups excluding carboxylic acids is 1. The molecule has 0 saturated carbocycles. The van der Waals surface area contributed by atoms with Crippen molar-refractivity contribution in [2.75, 3.05) is 0 Å². The Kier molecular flexibility index (Phi) is 2.72. The Morgan fingerprint density at radius 1 is 1.16 bits per heavy atom. The third kappa shape index (κ3) is 1.86. The summed E-state index contributed by atoms with van der Waals surface area (Å²) < 4.78 is 1.84. The number of nitrogens with zero attached hydrogens (tertiary/aromatic N) is 2. The van der Waals surface area contributed by atoms with Crippen molar-refractivity contribution >= 4 is 28.5 Å². The molecule has 19 heavy (non-hydrogen) atoms. The summed E-state index contributed by atoms with van der Waals surface area (Å²) in [5.74, 6) is -0.491. The van der Waals surface area contributed by atoms with E-state index in [1.54, 1.807) is 24.5 Å². The van der Waals surface area contributed by atoms with Crippen LogP contribution in [0, 0.1) is 0 Å². The molecule has 1 heterocycles. The first kappa shape index (κ1) is 11.7. The summed E-state index contributed by atoms with van der Waals surface area (Å²) in [6, 6.07) is 12.8. The molecule has 2 aromatic carbocycles. The minimum atomic E-state index is -0.491. The predicted molar refractivity (Wildman–Crippen MR) is 74.6 cm³/mol. The number of nitrogens with two attached hydrogens (primary N) is 1. The van der Waals surface area contributed by atoms with Crippen molar-refractivity contribution < 1.29 is 4.79 Å². The number of rotatable bonds is 2. The monoisotopic (exact) mass is 271 g/mol. The highest BCUT2D eigenvalue weighted by Gasteiger charge is 2.12. The van der Waals surface area contributed by atoms with E-state index >= 15 is 0 Å². The van der Waals surface area contributed by atoms with Gasteiger partial charge < -0.3 is 5.73 Å². The topological polar surface area (TPSA) is 60.9 Å². The Labute approximate surface area is 114 Å². The first-order valence-electron chi connectivity index (χ1n) is 5.69. The molecule has 2 N–H and O–H groups in total. The summed E-state index contributed by atoms with van der Waals surface area (Å²) in [7, 11) is 0. The van der Waals surface area contributed by atoms with E-state index in [4.69, 9.17) is 17.3 Å². The molecular weight excluding hydrogens is 262 g/mol. The highest BCUT2D eigenvalue weighted by molar-refractivity contribution is 6.32. The molecule has 3 rings (SSSR count). The molecule has 0 spiro atoms. The summed E-state index contributed by atoms with van der Waals surface area (Å²) in [6.45, 7) is 0. The maximum atomic E-state index is 11.4. The van der Waals surface area contributed by atoms with Gasteiger partial charge in [-0.3, -0.25) is 9.36 Å². The van der Waals surface area contributed by atoms with Crippen LogP contribution in [-0.4, -0.2) is 15.5 Å². The van der Waals surface area contributed by atoms with Crippen molar-refractivity contribution in [1.29, 1.82) is 0 Å². The number of para-hydroxylation sites is 2. The molecule has 0 saturated heterocycles. The molecule has 0 unspecified atom stereocenters. The van der Waals surface area contributed by atoms with Gasteiger partial charge in [-0.2, -0.15) is 0 Å². The first-order valence-corrected chi connectivity index (χ1v) is 6.07. The highest BCUT2D eigenvalue weighted by atomic mass is 35.5. The van der Waals surface area contributed by atoms with Crippen molar-refractivity contribution in [2.45, 2.75) is 0 Å². The molecule has 0 radical (unpaired) electrons. The predicted octanol–water partition coefficient (Wildman–Crippen LogP) is 2.78. The lowest BCUT2D eigenvalue weighted by Gasteiger charge is -2.06. The van der Waals surface area contributed by atoms with E-state index in [1.807, 2.05) is 28.8 Å². The highest BCUT2D eigenvalue weighted by Crippen LogP contribution is 2.25. The van der Waals surface area contributed by atoms with Crippen LogP contribution in [0.2, 0.25) is 5.02 Å². The van der Waals surface area contributed by atoms with Gasteiger partial charge in [0.05, 0.1) is 21.8 Å². The smallest absolute Gasteiger partial charge is 0.250 e. The molecule has 5 heteroatoms. The molecule has 0 fully saturated rings. The SMILES string of the molecule is NC(=O)c1cccc2c1ncn2-c1ccccc1Cl. The van der Waals surface area contributed by atoms with E-state index < -0.39 is 5.91 Å². The maximum absolute atomic E-state index is 11.4. The van der Waals surface area contributed by atoms with Crippen LogP contribution < -0.4 is 5.73 Å². The van der Waals surface area contributed by atoms with Crippen molar-refractivity contribution in [3.05, 3.63) is 59.4 Å². The van der Waals surface area contributed by atoms with Gasteiger partial charge in [-0.25, -0.2) is 4.98 Å². The van der Waals surface area contributed by atoms with Gasteiger partial charge in [-0.05, 0) is 24.3 Å². The Balaban J connectivity index is 2.31. The summed E-state index contributed by atoms with van der Waals surface area (Å²) in [4.78, 5) is 15.6. The lowest BCUT2D eigenvalue weighted by molar-refractivity contribution is 0.100. The number of hydrogen-bond donors (Lipinski definition) is 1. The second kappa shape index (κ2) is 4.40.